The monoisotopic (exact) mass is 300 g/mol. The molecule has 0 saturated carbocycles. The molecule has 8 heteroatoms. The number of H-pyrrole nitrogens is 2. The maximum atomic E-state index is 12.2. The minimum Gasteiger partial charge on any atom is -0.497 e. The van der Waals surface area contributed by atoms with Gasteiger partial charge < -0.3 is 9.72 Å². The Balaban J connectivity index is 2.32. The highest BCUT2D eigenvalue weighted by Gasteiger charge is 2.12. The van der Waals surface area contributed by atoms with Crippen LogP contribution < -0.4 is 21.5 Å². The van der Waals surface area contributed by atoms with Gasteiger partial charge in [0.05, 0.1) is 7.11 Å². The third-order valence-corrected chi connectivity index (χ3v) is 3.33. The van der Waals surface area contributed by atoms with E-state index in [1.165, 1.54) is 14.2 Å². The van der Waals surface area contributed by atoms with Crippen molar-refractivity contribution in [3.63, 3.8) is 0 Å². The Morgan fingerprint density at radius 1 is 1.05 bits per heavy atom. The fourth-order valence-corrected chi connectivity index (χ4v) is 2.13. The fourth-order valence-electron chi connectivity index (χ4n) is 2.13. The molecule has 3 rings (SSSR count). The minimum absolute atomic E-state index is 0.00693. The second-order valence-electron chi connectivity index (χ2n) is 4.66. The van der Waals surface area contributed by atoms with E-state index < -0.39 is 16.8 Å². The Morgan fingerprint density at radius 3 is 2.36 bits per heavy atom. The molecule has 0 aliphatic rings. The molecule has 0 saturated heterocycles. The van der Waals surface area contributed by atoms with Crippen molar-refractivity contribution >= 4 is 11.2 Å². The van der Waals surface area contributed by atoms with Gasteiger partial charge in [0.2, 0.25) is 0 Å². The van der Waals surface area contributed by atoms with Gasteiger partial charge in [0.1, 0.15) is 17.1 Å². The number of benzene rings is 1. The van der Waals surface area contributed by atoms with Gasteiger partial charge in [-0.3, -0.25) is 19.1 Å². The van der Waals surface area contributed by atoms with Crippen LogP contribution in [0, 0.1) is 0 Å². The van der Waals surface area contributed by atoms with Gasteiger partial charge in [-0.05, 0) is 24.3 Å². The first kappa shape index (κ1) is 13.8. The van der Waals surface area contributed by atoms with Gasteiger partial charge in [-0.1, -0.05) is 0 Å². The third-order valence-electron chi connectivity index (χ3n) is 3.33. The van der Waals surface area contributed by atoms with Crippen molar-refractivity contribution in [2.75, 3.05) is 7.11 Å². The Kier molecular flexibility index (Phi) is 3.13. The summed E-state index contributed by atoms with van der Waals surface area (Å²) < 4.78 is 6.18. The van der Waals surface area contributed by atoms with E-state index in [0.29, 0.717) is 11.3 Å². The standard InChI is InChI=1S/C14H12N4O4/c1-18-11-10(13(20)17-14(18)21)15-9(12(19)16-11)7-3-5-8(22-2)6-4-7/h3-6H,1-2H3,(H,16,19)(H,17,20,21). The van der Waals surface area contributed by atoms with E-state index in [1.807, 2.05) is 0 Å². The van der Waals surface area contributed by atoms with E-state index >= 15 is 0 Å². The van der Waals surface area contributed by atoms with Crippen LogP contribution in [0.1, 0.15) is 0 Å². The molecular formula is C14H12N4O4. The molecule has 1 aromatic carbocycles. The summed E-state index contributed by atoms with van der Waals surface area (Å²) in [6.45, 7) is 0. The van der Waals surface area contributed by atoms with Gasteiger partial charge in [0.15, 0.2) is 5.52 Å². The van der Waals surface area contributed by atoms with Crippen LogP contribution in [0.4, 0.5) is 0 Å². The number of aryl methyl sites for hydroxylation is 1. The topological polar surface area (TPSA) is 110 Å². The minimum atomic E-state index is -0.649. The summed E-state index contributed by atoms with van der Waals surface area (Å²) in [5.74, 6) is 0.640. The molecule has 2 N–H and O–H groups in total. The first-order valence-corrected chi connectivity index (χ1v) is 6.39. The maximum absolute atomic E-state index is 12.2. The lowest BCUT2D eigenvalue weighted by Gasteiger charge is -2.06. The van der Waals surface area contributed by atoms with Crippen molar-refractivity contribution < 1.29 is 4.74 Å². The molecule has 3 aromatic rings. The molecule has 0 amide bonds. The summed E-state index contributed by atoms with van der Waals surface area (Å²) in [6.07, 6.45) is 0. The molecule has 2 heterocycles. The number of aromatic amines is 2. The average Bonchev–Trinajstić information content (AvgIpc) is 2.52. The van der Waals surface area contributed by atoms with Gasteiger partial charge in [0, 0.05) is 12.6 Å². The van der Waals surface area contributed by atoms with Crippen LogP contribution in [0.2, 0.25) is 0 Å². The zero-order valence-electron chi connectivity index (χ0n) is 11.8. The molecule has 0 unspecified atom stereocenters. The van der Waals surface area contributed by atoms with Crippen molar-refractivity contribution in [3.8, 4) is 17.0 Å². The number of hydrogen-bond acceptors (Lipinski definition) is 5. The van der Waals surface area contributed by atoms with E-state index in [9.17, 15) is 14.4 Å². The molecule has 2 aromatic heterocycles. The quantitative estimate of drug-likeness (QED) is 0.691. The van der Waals surface area contributed by atoms with Gasteiger partial charge in [0.25, 0.3) is 11.1 Å². The normalized spacial score (nSPS) is 10.8. The average molecular weight is 300 g/mol. The fraction of sp³-hybridized carbons (Fsp3) is 0.143. The predicted molar refractivity (Wildman–Crippen MR) is 80.2 cm³/mol. The van der Waals surface area contributed by atoms with Crippen LogP contribution >= 0.6 is 0 Å². The number of hydrogen-bond donors (Lipinski definition) is 2. The van der Waals surface area contributed by atoms with Crippen LogP contribution in [0.3, 0.4) is 0 Å². The summed E-state index contributed by atoms with van der Waals surface area (Å²) in [7, 11) is 2.97. The Bertz CT molecular complexity index is 1030. The molecular weight excluding hydrogens is 288 g/mol. The Labute approximate surface area is 123 Å². The highest BCUT2D eigenvalue weighted by Crippen LogP contribution is 2.18. The van der Waals surface area contributed by atoms with Crippen molar-refractivity contribution in [1.82, 2.24) is 19.5 Å². The Hall–Kier alpha value is -3.16. The van der Waals surface area contributed by atoms with Gasteiger partial charge in [-0.15, -0.1) is 0 Å². The van der Waals surface area contributed by atoms with E-state index in [2.05, 4.69) is 15.0 Å². The van der Waals surface area contributed by atoms with Crippen molar-refractivity contribution in [2.45, 2.75) is 0 Å². The number of fused-ring (bicyclic) bond motifs is 1. The van der Waals surface area contributed by atoms with Crippen LogP contribution in [-0.4, -0.2) is 26.6 Å². The molecule has 0 aliphatic carbocycles. The number of methoxy groups -OCH3 is 1. The first-order valence-electron chi connectivity index (χ1n) is 6.39. The van der Waals surface area contributed by atoms with Crippen LogP contribution in [-0.2, 0) is 7.05 Å². The van der Waals surface area contributed by atoms with Crippen molar-refractivity contribution in [3.05, 3.63) is 55.5 Å². The summed E-state index contributed by atoms with van der Waals surface area (Å²) in [5.41, 5.74) is -1.05. The van der Waals surface area contributed by atoms with Gasteiger partial charge in [-0.25, -0.2) is 9.78 Å². The second-order valence-corrected chi connectivity index (χ2v) is 4.66. The molecule has 0 fully saturated rings. The number of aromatic nitrogens is 4. The summed E-state index contributed by atoms with van der Waals surface area (Å²) in [5, 5.41) is 0. The molecule has 0 aliphatic heterocycles. The second kappa shape index (κ2) is 4.99. The predicted octanol–water partition coefficient (Wildman–Crippen LogP) is -0.0143. The lowest BCUT2D eigenvalue weighted by molar-refractivity contribution is 0.415. The van der Waals surface area contributed by atoms with Crippen LogP contribution in [0.15, 0.2) is 38.6 Å². The highest BCUT2D eigenvalue weighted by atomic mass is 16.5. The Morgan fingerprint density at radius 2 is 1.73 bits per heavy atom. The van der Waals surface area contributed by atoms with Crippen molar-refractivity contribution in [2.24, 2.45) is 7.05 Å². The molecule has 0 radical (unpaired) electrons. The van der Waals surface area contributed by atoms with E-state index in [4.69, 9.17) is 4.74 Å². The maximum Gasteiger partial charge on any atom is 0.329 e. The van der Waals surface area contributed by atoms with Gasteiger partial charge >= 0.3 is 5.69 Å². The number of ether oxygens (including phenoxy) is 1. The van der Waals surface area contributed by atoms with Crippen molar-refractivity contribution in [1.29, 1.82) is 0 Å². The molecule has 0 bridgehead atoms. The number of nitrogens with zero attached hydrogens (tertiary/aromatic N) is 2. The van der Waals surface area contributed by atoms with Crippen LogP contribution in [0.5, 0.6) is 5.75 Å². The molecule has 0 atom stereocenters. The smallest absolute Gasteiger partial charge is 0.329 e. The zero-order chi connectivity index (χ0) is 15.9. The molecule has 112 valence electrons. The van der Waals surface area contributed by atoms with E-state index in [0.717, 1.165) is 4.57 Å². The molecule has 22 heavy (non-hydrogen) atoms. The molecule has 8 nitrogen and oxygen atoms in total. The molecule has 0 spiro atoms. The lowest BCUT2D eigenvalue weighted by atomic mass is 10.1. The van der Waals surface area contributed by atoms with E-state index in [1.54, 1.807) is 24.3 Å². The zero-order valence-corrected chi connectivity index (χ0v) is 11.8. The first-order chi connectivity index (χ1) is 10.5. The van der Waals surface area contributed by atoms with Crippen LogP contribution in [0.25, 0.3) is 22.4 Å². The van der Waals surface area contributed by atoms with Gasteiger partial charge in [-0.2, -0.15) is 0 Å². The summed E-state index contributed by atoms with van der Waals surface area (Å²) in [6, 6.07) is 6.70. The lowest BCUT2D eigenvalue weighted by Crippen LogP contribution is -2.31. The summed E-state index contributed by atoms with van der Waals surface area (Å²) in [4.78, 5) is 44.4. The number of rotatable bonds is 2. The largest absolute Gasteiger partial charge is 0.497 e. The SMILES string of the molecule is COc1ccc(-c2nc3c(=O)[nH]c(=O)n(C)c3[nH]c2=O)cc1. The number of nitrogens with one attached hydrogen (secondary N) is 2. The van der Waals surface area contributed by atoms with E-state index in [-0.39, 0.29) is 16.9 Å². The third kappa shape index (κ3) is 2.10. The highest BCUT2D eigenvalue weighted by molar-refractivity contribution is 5.72. The summed E-state index contributed by atoms with van der Waals surface area (Å²) >= 11 is 0.